The van der Waals surface area contributed by atoms with Crippen LogP contribution in [0.5, 0.6) is 0 Å². The molecule has 0 amide bonds. The summed E-state index contributed by atoms with van der Waals surface area (Å²) in [5.74, 6) is 0.369. The van der Waals surface area contributed by atoms with Crippen molar-refractivity contribution in [2.75, 3.05) is 18.2 Å². The van der Waals surface area contributed by atoms with Gasteiger partial charge in [0.05, 0.1) is 18.8 Å². The van der Waals surface area contributed by atoms with E-state index in [9.17, 15) is 4.79 Å². The Morgan fingerprint density at radius 2 is 2.10 bits per heavy atom. The number of thioether (sulfide) groups is 1. The Hall–Kier alpha value is -1.38. The standard InChI is InChI=1S/C21H35N3O3SSi/c1-8-26-18(25)13-12-15-14-22-20(28-5)24-19(15)23-16-10-9-11-17(16)27-29(6,7)21(2,3)4/h12-14,16-17H,8-11H2,1-7H3,(H,22,23,24). The van der Waals surface area contributed by atoms with Crippen LogP contribution in [0.25, 0.3) is 6.08 Å². The second-order valence-electron chi connectivity index (χ2n) is 8.84. The molecule has 1 N–H and O–H groups in total. The van der Waals surface area contributed by atoms with E-state index in [4.69, 9.17) is 9.16 Å². The molecular formula is C21H35N3O3SSi. The van der Waals surface area contributed by atoms with Gasteiger partial charge in [0.15, 0.2) is 13.5 Å². The molecule has 162 valence electrons. The van der Waals surface area contributed by atoms with E-state index in [2.05, 4.69) is 49.1 Å². The van der Waals surface area contributed by atoms with Crippen molar-refractivity contribution in [1.29, 1.82) is 0 Å². The van der Waals surface area contributed by atoms with Gasteiger partial charge in [-0.15, -0.1) is 0 Å². The zero-order valence-corrected chi connectivity index (χ0v) is 20.6. The Morgan fingerprint density at radius 1 is 1.38 bits per heavy atom. The fourth-order valence-electron chi connectivity index (χ4n) is 3.02. The first-order chi connectivity index (χ1) is 13.6. The Labute approximate surface area is 180 Å². The summed E-state index contributed by atoms with van der Waals surface area (Å²) in [7, 11) is -1.85. The highest BCUT2D eigenvalue weighted by Crippen LogP contribution is 2.40. The number of aromatic nitrogens is 2. The number of hydrogen-bond donors (Lipinski definition) is 1. The molecule has 0 saturated heterocycles. The number of carbonyl (C=O) groups excluding carboxylic acids is 1. The van der Waals surface area contributed by atoms with Crippen molar-refractivity contribution in [2.45, 2.75) is 82.4 Å². The fourth-order valence-corrected chi connectivity index (χ4v) is 4.76. The zero-order valence-electron chi connectivity index (χ0n) is 18.7. The fraction of sp³-hybridized carbons (Fsp3) is 0.667. The van der Waals surface area contributed by atoms with Crippen molar-refractivity contribution < 1.29 is 14.0 Å². The number of esters is 1. The van der Waals surface area contributed by atoms with Crippen LogP contribution in [0.1, 0.15) is 52.5 Å². The van der Waals surface area contributed by atoms with Gasteiger partial charge in [0.2, 0.25) is 0 Å². The van der Waals surface area contributed by atoms with Crippen molar-refractivity contribution in [3.8, 4) is 0 Å². The molecular weight excluding hydrogens is 402 g/mol. The monoisotopic (exact) mass is 437 g/mol. The molecule has 2 unspecified atom stereocenters. The van der Waals surface area contributed by atoms with Gasteiger partial charge in [0.1, 0.15) is 5.82 Å². The molecule has 0 aromatic carbocycles. The van der Waals surface area contributed by atoms with Crippen LogP contribution in [0.2, 0.25) is 18.1 Å². The Bertz CT molecular complexity index is 734. The van der Waals surface area contributed by atoms with Crippen LogP contribution in [-0.4, -0.2) is 49.3 Å². The van der Waals surface area contributed by atoms with Crippen molar-refractivity contribution in [1.82, 2.24) is 9.97 Å². The lowest BCUT2D eigenvalue weighted by molar-refractivity contribution is -0.137. The molecule has 0 aliphatic heterocycles. The SMILES string of the molecule is CCOC(=O)C=Cc1cnc(SC)nc1NC1CCCC1O[Si](C)(C)C(C)(C)C. The second kappa shape index (κ2) is 10.1. The van der Waals surface area contributed by atoms with E-state index in [1.807, 2.05) is 6.26 Å². The highest BCUT2D eigenvalue weighted by atomic mass is 32.2. The summed E-state index contributed by atoms with van der Waals surface area (Å²) < 4.78 is 11.7. The van der Waals surface area contributed by atoms with Crippen LogP contribution in [0.3, 0.4) is 0 Å². The van der Waals surface area contributed by atoms with Gasteiger partial charge in [0.25, 0.3) is 0 Å². The van der Waals surface area contributed by atoms with E-state index in [0.717, 1.165) is 30.6 Å². The molecule has 1 fully saturated rings. The smallest absolute Gasteiger partial charge is 0.330 e. The summed E-state index contributed by atoms with van der Waals surface area (Å²) >= 11 is 1.49. The van der Waals surface area contributed by atoms with E-state index < -0.39 is 8.32 Å². The second-order valence-corrected chi connectivity index (χ2v) is 14.4. The van der Waals surface area contributed by atoms with E-state index in [-0.39, 0.29) is 23.2 Å². The van der Waals surface area contributed by atoms with Crippen molar-refractivity contribution in [3.05, 3.63) is 17.8 Å². The molecule has 1 aromatic rings. The van der Waals surface area contributed by atoms with Gasteiger partial charge in [0, 0.05) is 17.8 Å². The van der Waals surface area contributed by atoms with Crippen molar-refractivity contribution in [2.24, 2.45) is 0 Å². The zero-order chi connectivity index (χ0) is 21.7. The van der Waals surface area contributed by atoms with Gasteiger partial charge >= 0.3 is 5.97 Å². The Balaban J connectivity index is 2.21. The number of rotatable bonds is 8. The number of carbonyl (C=O) groups is 1. The predicted molar refractivity (Wildman–Crippen MR) is 123 cm³/mol. The lowest BCUT2D eigenvalue weighted by Gasteiger charge is -2.40. The minimum atomic E-state index is -1.85. The van der Waals surface area contributed by atoms with Gasteiger partial charge in [-0.1, -0.05) is 32.5 Å². The van der Waals surface area contributed by atoms with Crippen LogP contribution in [0, 0.1) is 0 Å². The normalized spacial score (nSPS) is 20.2. The molecule has 1 heterocycles. The number of nitrogens with one attached hydrogen (secondary N) is 1. The minimum Gasteiger partial charge on any atom is -0.463 e. The number of anilines is 1. The summed E-state index contributed by atoms with van der Waals surface area (Å²) in [6.45, 7) is 13.5. The topological polar surface area (TPSA) is 73.3 Å². The van der Waals surface area contributed by atoms with E-state index >= 15 is 0 Å². The highest BCUT2D eigenvalue weighted by Gasteiger charge is 2.42. The quantitative estimate of drug-likeness (QED) is 0.199. The van der Waals surface area contributed by atoms with Crippen LogP contribution in [0.15, 0.2) is 17.4 Å². The van der Waals surface area contributed by atoms with Gasteiger partial charge < -0.3 is 14.5 Å². The molecule has 1 aromatic heterocycles. The first-order valence-corrected chi connectivity index (χ1v) is 14.4. The molecule has 29 heavy (non-hydrogen) atoms. The summed E-state index contributed by atoms with van der Waals surface area (Å²) in [4.78, 5) is 20.7. The third-order valence-corrected chi connectivity index (χ3v) is 10.8. The van der Waals surface area contributed by atoms with Crippen molar-refractivity contribution >= 4 is 37.9 Å². The lowest BCUT2D eigenvalue weighted by Crippen LogP contribution is -2.47. The van der Waals surface area contributed by atoms with E-state index in [1.165, 1.54) is 17.8 Å². The maximum atomic E-state index is 11.7. The van der Waals surface area contributed by atoms with Gasteiger partial charge in [-0.25, -0.2) is 14.8 Å². The van der Waals surface area contributed by atoms with E-state index in [1.54, 1.807) is 19.2 Å². The molecule has 8 heteroatoms. The first-order valence-electron chi connectivity index (χ1n) is 10.3. The average Bonchev–Trinajstić information content (AvgIpc) is 3.06. The molecule has 0 bridgehead atoms. The van der Waals surface area contributed by atoms with E-state index in [0.29, 0.717) is 11.8 Å². The molecule has 0 radical (unpaired) electrons. The predicted octanol–water partition coefficient (Wildman–Crippen LogP) is 5.13. The van der Waals surface area contributed by atoms with Crippen LogP contribution in [-0.2, 0) is 14.0 Å². The molecule has 2 rings (SSSR count). The highest BCUT2D eigenvalue weighted by molar-refractivity contribution is 7.98. The third kappa shape index (κ3) is 6.55. The van der Waals surface area contributed by atoms with Gasteiger partial charge in [-0.05, 0) is 56.7 Å². The molecule has 6 nitrogen and oxygen atoms in total. The maximum absolute atomic E-state index is 11.7. The summed E-state index contributed by atoms with van der Waals surface area (Å²) in [5, 5.41) is 4.46. The molecule has 1 aliphatic rings. The molecule has 1 saturated carbocycles. The Kier molecular flexibility index (Phi) is 8.31. The van der Waals surface area contributed by atoms with Crippen LogP contribution in [0.4, 0.5) is 5.82 Å². The maximum Gasteiger partial charge on any atom is 0.330 e. The first kappa shape index (κ1) is 23.9. The number of ether oxygens (including phenoxy) is 1. The van der Waals surface area contributed by atoms with Crippen molar-refractivity contribution in [3.63, 3.8) is 0 Å². The minimum absolute atomic E-state index is 0.172. The van der Waals surface area contributed by atoms with Crippen LogP contribution < -0.4 is 5.32 Å². The number of hydrogen-bond acceptors (Lipinski definition) is 7. The Morgan fingerprint density at radius 3 is 2.72 bits per heavy atom. The molecule has 2 atom stereocenters. The van der Waals surface area contributed by atoms with Crippen LogP contribution >= 0.6 is 11.8 Å². The number of nitrogens with zero attached hydrogens (tertiary/aromatic N) is 2. The largest absolute Gasteiger partial charge is 0.463 e. The summed E-state index contributed by atoms with van der Waals surface area (Å²) in [6, 6.07) is 0.198. The lowest BCUT2D eigenvalue weighted by atomic mass is 10.2. The van der Waals surface area contributed by atoms with Gasteiger partial charge in [-0.3, -0.25) is 0 Å². The molecule has 0 spiro atoms. The third-order valence-electron chi connectivity index (χ3n) is 5.69. The summed E-state index contributed by atoms with van der Waals surface area (Å²) in [5.41, 5.74) is 0.772. The average molecular weight is 438 g/mol. The van der Waals surface area contributed by atoms with Gasteiger partial charge in [-0.2, -0.15) is 0 Å². The molecule has 1 aliphatic carbocycles. The summed E-state index contributed by atoms with van der Waals surface area (Å²) in [6.07, 6.45) is 10.2.